The van der Waals surface area contributed by atoms with Gasteiger partial charge in [0, 0.05) is 19.2 Å². The van der Waals surface area contributed by atoms with Gasteiger partial charge in [-0.25, -0.2) is 4.79 Å². The minimum atomic E-state index is -0.465. The molecule has 0 unspecified atom stereocenters. The zero-order valence-corrected chi connectivity index (χ0v) is 10.6. The van der Waals surface area contributed by atoms with Crippen LogP contribution in [0.15, 0.2) is 21.3 Å². The standard InChI is InChI=1S/C12H18N4O2/c1-3-16(2)5-4-14-9-7-10-11(6-8(9)13)18-12(17)15-10/h6-7,14H,3-5,13H2,1-2H3,(H,15,17). The molecular weight excluding hydrogens is 232 g/mol. The Kier molecular flexibility index (Phi) is 3.57. The maximum atomic E-state index is 11.1. The van der Waals surface area contributed by atoms with Crippen molar-refractivity contribution >= 4 is 22.5 Å². The molecule has 4 N–H and O–H groups in total. The Labute approximate surface area is 105 Å². The molecule has 1 aromatic carbocycles. The summed E-state index contributed by atoms with van der Waals surface area (Å²) in [5.74, 6) is -0.465. The van der Waals surface area contributed by atoms with Gasteiger partial charge in [0.1, 0.15) is 0 Å². The van der Waals surface area contributed by atoms with Gasteiger partial charge in [0.15, 0.2) is 5.58 Å². The zero-order valence-electron chi connectivity index (χ0n) is 10.6. The van der Waals surface area contributed by atoms with Crippen molar-refractivity contribution < 1.29 is 4.42 Å². The molecule has 18 heavy (non-hydrogen) atoms. The fraction of sp³-hybridized carbons (Fsp3) is 0.417. The second kappa shape index (κ2) is 5.14. The summed E-state index contributed by atoms with van der Waals surface area (Å²) in [6, 6.07) is 3.45. The number of aromatic nitrogens is 1. The quantitative estimate of drug-likeness (QED) is 0.691. The molecule has 1 aromatic heterocycles. The number of nitrogens with two attached hydrogens (primary N) is 1. The molecule has 2 rings (SSSR count). The summed E-state index contributed by atoms with van der Waals surface area (Å²) in [5.41, 5.74) is 8.41. The van der Waals surface area contributed by atoms with Gasteiger partial charge in [-0.2, -0.15) is 0 Å². The third-order valence-electron chi connectivity index (χ3n) is 2.94. The molecule has 0 amide bonds. The number of nitrogen functional groups attached to an aromatic ring is 1. The van der Waals surface area contributed by atoms with E-state index in [9.17, 15) is 4.79 Å². The van der Waals surface area contributed by atoms with Gasteiger partial charge in [-0.05, 0) is 19.7 Å². The average molecular weight is 250 g/mol. The van der Waals surface area contributed by atoms with E-state index in [1.807, 2.05) is 0 Å². The lowest BCUT2D eigenvalue weighted by Gasteiger charge is -2.15. The molecule has 98 valence electrons. The summed E-state index contributed by atoms with van der Waals surface area (Å²) in [7, 11) is 2.06. The molecule has 0 aliphatic carbocycles. The highest BCUT2D eigenvalue weighted by atomic mass is 16.4. The van der Waals surface area contributed by atoms with E-state index in [-0.39, 0.29) is 0 Å². The summed E-state index contributed by atoms with van der Waals surface area (Å²) >= 11 is 0. The van der Waals surface area contributed by atoms with E-state index >= 15 is 0 Å². The number of rotatable bonds is 5. The second-order valence-corrected chi connectivity index (χ2v) is 4.27. The van der Waals surface area contributed by atoms with Gasteiger partial charge in [-0.1, -0.05) is 6.92 Å². The predicted molar refractivity (Wildman–Crippen MR) is 72.9 cm³/mol. The second-order valence-electron chi connectivity index (χ2n) is 4.27. The van der Waals surface area contributed by atoms with Crippen LogP contribution in [0.2, 0.25) is 0 Å². The Hall–Kier alpha value is -1.95. The molecule has 0 radical (unpaired) electrons. The minimum absolute atomic E-state index is 0.465. The molecule has 6 heteroatoms. The first kappa shape index (κ1) is 12.5. The lowest BCUT2D eigenvalue weighted by atomic mass is 10.2. The van der Waals surface area contributed by atoms with Crippen molar-refractivity contribution in [2.24, 2.45) is 0 Å². The number of hydrogen-bond donors (Lipinski definition) is 3. The average Bonchev–Trinajstić information content (AvgIpc) is 2.68. The van der Waals surface area contributed by atoms with E-state index in [0.29, 0.717) is 16.8 Å². The number of fused-ring (bicyclic) bond motifs is 1. The maximum absolute atomic E-state index is 11.1. The SMILES string of the molecule is CCN(C)CCNc1cc2[nH]c(=O)oc2cc1N. The molecule has 0 fully saturated rings. The van der Waals surface area contributed by atoms with Crippen molar-refractivity contribution in [3.05, 3.63) is 22.7 Å². The third-order valence-corrected chi connectivity index (χ3v) is 2.94. The first-order chi connectivity index (χ1) is 8.60. The number of nitrogens with zero attached hydrogens (tertiary/aromatic N) is 1. The fourth-order valence-electron chi connectivity index (χ4n) is 1.71. The number of aromatic amines is 1. The van der Waals surface area contributed by atoms with Crippen LogP contribution < -0.4 is 16.8 Å². The lowest BCUT2D eigenvalue weighted by Crippen LogP contribution is -2.24. The van der Waals surface area contributed by atoms with Gasteiger partial charge in [0.05, 0.1) is 16.9 Å². The summed E-state index contributed by atoms with van der Waals surface area (Å²) in [5, 5.41) is 3.25. The number of hydrogen-bond acceptors (Lipinski definition) is 5. The van der Waals surface area contributed by atoms with E-state index in [1.165, 1.54) is 0 Å². The highest BCUT2D eigenvalue weighted by Gasteiger charge is 2.06. The summed E-state index contributed by atoms with van der Waals surface area (Å²) in [6.45, 7) is 4.83. The van der Waals surface area contributed by atoms with Gasteiger partial charge < -0.3 is 20.4 Å². The molecule has 6 nitrogen and oxygen atoms in total. The normalized spacial score (nSPS) is 11.3. The van der Waals surface area contributed by atoms with E-state index < -0.39 is 5.76 Å². The van der Waals surface area contributed by atoms with Crippen LogP contribution in [0, 0.1) is 0 Å². The van der Waals surface area contributed by atoms with Crippen LogP contribution in [0.5, 0.6) is 0 Å². The van der Waals surface area contributed by atoms with Gasteiger partial charge >= 0.3 is 5.76 Å². The van der Waals surface area contributed by atoms with E-state index in [2.05, 4.69) is 29.2 Å². The molecule has 1 heterocycles. The van der Waals surface area contributed by atoms with Crippen LogP contribution in [-0.4, -0.2) is 36.6 Å². The van der Waals surface area contributed by atoms with Crippen LogP contribution in [0.4, 0.5) is 11.4 Å². The van der Waals surface area contributed by atoms with Gasteiger partial charge in [0.25, 0.3) is 0 Å². The third kappa shape index (κ3) is 2.65. The van der Waals surface area contributed by atoms with Crippen molar-refractivity contribution in [1.82, 2.24) is 9.88 Å². The Bertz CT molecular complexity index is 587. The van der Waals surface area contributed by atoms with Crippen molar-refractivity contribution in [2.75, 3.05) is 37.7 Å². The van der Waals surface area contributed by atoms with Crippen LogP contribution in [0.1, 0.15) is 6.92 Å². The van der Waals surface area contributed by atoms with Crippen LogP contribution in [0.3, 0.4) is 0 Å². The van der Waals surface area contributed by atoms with Crippen LogP contribution >= 0.6 is 0 Å². The summed E-state index contributed by atoms with van der Waals surface area (Å²) < 4.78 is 4.94. The highest BCUT2D eigenvalue weighted by molar-refractivity contribution is 5.85. The number of benzene rings is 1. The number of anilines is 2. The largest absolute Gasteiger partial charge is 0.417 e. The monoisotopic (exact) mass is 250 g/mol. The van der Waals surface area contributed by atoms with Crippen molar-refractivity contribution in [2.45, 2.75) is 6.92 Å². The fourth-order valence-corrected chi connectivity index (χ4v) is 1.71. The summed E-state index contributed by atoms with van der Waals surface area (Å²) in [4.78, 5) is 15.9. The molecular formula is C12H18N4O2. The number of nitrogens with one attached hydrogen (secondary N) is 2. The zero-order chi connectivity index (χ0) is 13.1. The summed E-state index contributed by atoms with van der Waals surface area (Å²) in [6.07, 6.45) is 0. The minimum Gasteiger partial charge on any atom is -0.408 e. The van der Waals surface area contributed by atoms with E-state index in [0.717, 1.165) is 25.3 Å². The number of H-pyrrole nitrogens is 1. The van der Waals surface area contributed by atoms with Crippen molar-refractivity contribution in [3.63, 3.8) is 0 Å². The Morgan fingerprint density at radius 1 is 1.50 bits per heavy atom. The van der Waals surface area contributed by atoms with Crippen LogP contribution in [0.25, 0.3) is 11.1 Å². The molecule has 0 spiro atoms. The van der Waals surface area contributed by atoms with Gasteiger partial charge in [0.2, 0.25) is 0 Å². The molecule has 0 atom stereocenters. The molecule has 0 saturated heterocycles. The Morgan fingerprint density at radius 2 is 2.28 bits per heavy atom. The molecule has 0 bridgehead atoms. The van der Waals surface area contributed by atoms with E-state index in [4.69, 9.17) is 10.2 Å². The molecule has 2 aromatic rings. The Morgan fingerprint density at radius 3 is 3.00 bits per heavy atom. The smallest absolute Gasteiger partial charge is 0.408 e. The highest BCUT2D eigenvalue weighted by Crippen LogP contribution is 2.23. The lowest BCUT2D eigenvalue weighted by molar-refractivity contribution is 0.367. The number of likely N-dealkylation sites (N-methyl/N-ethyl adjacent to an activating group) is 1. The van der Waals surface area contributed by atoms with Crippen LogP contribution in [-0.2, 0) is 0 Å². The first-order valence-corrected chi connectivity index (χ1v) is 5.95. The van der Waals surface area contributed by atoms with Gasteiger partial charge in [-0.3, -0.25) is 4.98 Å². The van der Waals surface area contributed by atoms with Crippen molar-refractivity contribution in [1.29, 1.82) is 0 Å². The topological polar surface area (TPSA) is 87.3 Å². The van der Waals surface area contributed by atoms with Crippen molar-refractivity contribution in [3.8, 4) is 0 Å². The Balaban J connectivity index is 2.12. The molecule has 0 saturated carbocycles. The first-order valence-electron chi connectivity index (χ1n) is 5.95. The molecule has 0 aliphatic rings. The van der Waals surface area contributed by atoms with Gasteiger partial charge in [-0.15, -0.1) is 0 Å². The maximum Gasteiger partial charge on any atom is 0.417 e. The molecule has 0 aliphatic heterocycles. The number of oxazole rings is 1. The van der Waals surface area contributed by atoms with E-state index in [1.54, 1.807) is 12.1 Å². The predicted octanol–water partition coefficient (Wildman–Crippen LogP) is 1.07.